The predicted molar refractivity (Wildman–Crippen MR) is 109 cm³/mol. The minimum absolute atomic E-state index is 0.0209. The molecular weight excluding hydrogens is 412 g/mol. The number of hydrogen-bond donors (Lipinski definition) is 4. The molecule has 3 aromatic rings. The number of likely N-dealkylation sites (N-methyl/N-ethyl adjacent to an activating group) is 1. The van der Waals surface area contributed by atoms with Crippen LogP contribution in [0.3, 0.4) is 0 Å². The van der Waals surface area contributed by atoms with Crippen molar-refractivity contribution in [3.05, 3.63) is 47.0 Å². The van der Waals surface area contributed by atoms with E-state index in [0.717, 1.165) is 11.1 Å². The second-order valence-corrected chi connectivity index (χ2v) is 7.33. The van der Waals surface area contributed by atoms with Gasteiger partial charge in [0, 0.05) is 13.6 Å². The third-order valence-corrected chi connectivity index (χ3v) is 5.29. The van der Waals surface area contributed by atoms with Gasteiger partial charge in [0.25, 0.3) is 5.91 Å². The summed E-state index contributed by atoms with van der Waals surface area (Å²) in [5, 5.41) is 26.2. The van der Waals surface area contributed by atoms with E-state index in [2.05, 4.69) is 25.6 Å². The molecule has 0 spiro atoms. The number of aromatic nitrogens is 4. The van der Waals surface area contributed by atoms with Crippen molar-refractivity contribution in [2.45, 2.75) is 38.0 Å². The van der Waals surface area contributed by atoms with Gasteiger partial charge >= 0.3 is 0 Å². The Hall–Kier alpha value is -2.79. The van der Waals surface area contributed by atoms with Crippen molar-refractivity contribution in [1.29, 1.82) is 0 Å². The number of amides is 1. The Morgan fingerprint density at radius 1 is 1.27 bits per heavy atom. The number of rotatable bonds is 5. The van der Waals surface area contributed by atoms with E-state index in [1.165, 1.54) is 17.9 Å². The van der Waals surface area contributed by atoms with Gasteiger partial charge in [0.1, 0.15) is 12.2 Å². The normalized spacial score (nSPS) is 23.6. The zero-order valence-corrected chi connectivity index (χ0v) is 17.0. The Morgan fingerprint density at radius 3 is 2.77 bits per heavy atom. The van der Waals surface area contributed by atoms with Crippen molar-refractivity contribution in [2.24, 2.45) is 0 Å². The van der Waals surface area contributed by atoms with Crippen LogP contribution in [0, 0.1) is 6.92 Å². The molecule has 0 aliphatic carbocycles. The second kappa shape index (κ2) is 8.15. The first-order valence-electron chi connectivity index (χ1n) is 9.32. The van der Waals surface area contributed by atoms with Crippen molar-refractivity contribution in [2.75, 3.05) is 12.4 Å². The monoisotopic (exact) mass is 432 g/mol. The number of anilines is 1. The summed E-state index contributed by atoms with van der Waals surface area (Å²) in [4.78, 5) is 24.7. The van der Waals surface area contributed by atoms with Crippen LogP contribution < -0.4 is 10.6 Å². The van der Waals surface area contributed by atoms with Crippen molar-refractivity contribution in [3.63, 3.8) is 0 Å². The van der Waals surface area contributed by atoms with Crippen LogP contribution in [0.1, 0.15) is 17.4 Å². The molecule has 10 nitrogen and oxygen atoms in total. The van der Waals surface area contributed by atoms with Gasteiger partial charge in [0.15, 0.2) is 29.3 Å². The molecule has 0 saturated carbocycles. The number of nitrogens with zero attached hydrogens (tertiary/aromatic N) is 4. The van der Waals surface area contributed by atoms with Crippen LogP contribution in [0.15, 0.2) is 30.6 Å². The number of fused-ring (bicyclic) bond motifs is 1. The molecule has 1 aromatic carbocycles. The lowest BCUT2D eigenvalue weighted by molar-refractivity contribution is -0.137. The minimum Gasteiger partial charge on any atom is -0.387 e. The van der Waals surface area contributed by atoms with Gasteiger partial charge in [-0.2, -0.15) is 9.97 Å². The third-order valence-electron chi connectivity index (χ3n) is 5.12. The summed E-state index contributed by atoms with van der Waals surface area (Å²) in [5.74, 6) is -0.121. The van der Waals surface area contributed by atoms with Crippen LogP contribution in [0.4, 0.5) is 5.82 Å². The van der Waals surface area contributed by atoms with Gasteiger partial charge < -0.3 is 25.6 Å². The quantitative estimate of drug-likeness (QED) is 0.434. The van der Waals surface area contributed by atoms with E-state index >= 15 is 0 Å². The fraction of sp³-hybridized carbons (Fsp3) is 0.368. The van der Waals surface area contributed by atoms with E-state index in [1.54, 1.807) is 0 Å². The second-order valence-electron chi connectivity index (χ2n) is 6.99. The average molecular weight is 433 g/mol. The number of halogens is 1. The Balaban J connectivity index is 1.66. The molecule has 0 unspecified atom stereocenters. The molecule has 30 heavy (non-hydrogen) atoms. The number of aryl methyl sites for hydroxylation is 1. The lowest BCUT2D eigenvalue weighted by Gasteiger charge is -2.16. The van der Waals surface area contributed by atoms with E-state index < -0.39 is 30.4 Å². The lowest BCUT2D eigenvalue weighted by Crippen LogP contribution is -2.41. The first-order valence-corrected chi connectivity index (χ1v) is 9.70. The zero-order chi connectivity index (χ0) is 21.4. The zero-order valence-electron chi connectivity index (χ0n) is 16.3. The molecule has 1 aliphatic rings. The smallest absolute Gasteiger partial charge is 0.251 e. The Morgan fingerprint density at radius 2 is 2.03 bits per heavy atom. The number of aliphatic hydroxyl groups is 2. The number of carbonyl (C=O) groups excluding carboxylic acids is 1. The molecule has 158 valence electrons. The molecule has 3 heterocycles. The molecule has 11 heteroatoms. The minimum atomic E-state index is -1.40. The SMILES string of the molecule is CNC(=O)[C@H]1O[C@@H](n2cnc3c(NCc4ccccc4C)nc(Cl)nc32)[C@H](O)[C@@H]1O. The first kappa shape index (κ1) is 20.5. The van der Waals surface area contributed by atoms with Gasteiger partial charge in [0.2, 0.25) is 5.28 Å². The summed E-state index contributed by atoms with van der Waals surface area (Å²) in [6.45, 7) is 2.52. The summed E-state index contributed by atoms with van der Waals surface area (Å²) in [6, 6.07) is 7.94. The number of ether oxygens (including phenoxy) is 1. The summed E-state index contributed by atoms with van der Waals surface area (Å²) in [6.07, 6.45) is -3.64. The fourth-order valence-corrected chi connectivity index (χ4v) is 3.60. The lowest BCUT2D eigenvalue weighted by atomic mass is 10.1. The van der Waals surface area contributed by atoms with Crippen LogP contribution in [0.2, 0.25) is 5.28 Å². The van der Waals surface area contributed by atoms with Gasteiger partial charge in [-0.25, -0.2) is 4.98 Å². The van der Waals surface area contributed by atoms with E-state index in [4.69, 9.17) is 16.3 Å². The van der Waals surface area contributed by atoms with Crippen LogP contribution in [-0.2, 0) is 16.1 Å². The third kappa shape index (κ3) is 3.58. The molecule has 0 bridgehead atoms. The van der Waals surface area contributed by atoms with Gasteiger partial charge in [-0.15, -0.1) is 0 Å². The molecule has 1 aliphatic heterocycles. The summed E-state index contributed by atoms with van der Waals surface area (Å²) < 4.78 is 7.03. The van der Waals surface area contributed by atoms with Crippen molar-refractivity contribution in [3.8, 4) is 0 Å². The fourth-order valence-electron chi connectivity index (χ4n) is 3.44. The molecular formula is C19H21ClN6O4. The highest BCUT2D eigenvalue weighted by molar-refractivity contribution is 6.28. The number of carbonyl (C=O) groups is 1. The van der Waals surface area contributed by atoms with Crippen LogP contribution in [0.5, 0.6) is 0 Å². The van der Waals surface area contributed by atoms with E-state index in [1.807, 2.05) is 31.2 Å². The topological polar surface area (TPSA) is 134 Å². The maximum atomic E-state index is 11.9. The molecule has 4 N–H and O–H groups in total. The van der Waals surface area contributed by atoms with E-state index in [-0.39, 0.29) is 5.28 Å². The first-order chi connectivity index (χ1) is 14.4. The van der Waals surface area contributed by atoms with Gasteiger partial charge in [-0.3, -0.25) is 9.36 Å². The highest BCUT2D eigenvalue weighted by Crippen LogP contribution is 2.33. The van der Waals surface area contributed by atoms with Crippen LogP contribution in [0.25, 0.3) is 11.2 Å². The molecule has 4 rings (SSSR count). The Labute approximate surface area is 176 Å². The maximum Gasteiger partial charge on any atom is 0.251 e. The highest BCUT2D eigenvalue weighted by Gasteiger charge is 2.47. The van der Waals surface area contributed by atoms with E-state index in [9.17, 15) is 15.0 Å². The van der Waals surface area contributed by atoms with Gasteiger partial charge in [0.05, 0.1) is 6.33 Å². The number of nitrogens with one attached hydrogen (secondary N) is 2. The summed E-state index contributed by atoms with van der Waals surface area (Å²) in [5.41, 5.74) is 2.94. The summed E-state index contributed by atoms with van der Waals surface area (Å²) >= 11 is 6.12. The molecule has 2 aromatic heterocycles. The Kier molecular flexibility index (Phi) is 5.56. The van der Waals surface area contributed by atoms with Crippen molar-refractivity contribution in [1.82, 2.24) is 24.8 Å². The maximum absolute atomic E-state index is 11.9. The van der Waals surface area contributed by atoms with Gasteiger partial charge in [-0.1, -0.05) is 24.3 Å². The standard InChI is InChI=1S/C19H21ClN6O4/c1-9-5-3-4-6-10(9)7-22-15-11-16(25-19(20)24-15)26(8-23-11)18-13(28)12(27)14(30-18)17(29)21-2/h3-6,8,12-14,18,27-28H,7H2,1-2H3,(H,21,29)(H,22,24,25)/t12-,13+,14-,18+/m0/s1. The molecule has 4 atom stereocenters. The number of aliphatic hydroxyl groups excluding tert-OH is 2. The average Bonchev–Trinajstić information content (AvgIpc) is 3.28. The van der Waals surface area contributed by atoms with Crippen LogP contribution >= 0.6 is 11.6 Å². The largest absolute Gasteiger partial charge is 0.387 e. The number of benzene rings is 1. The van der Waals surface area contributed by atoms with Gasteiger partial charge in [-0.05, 0) is 29.7 Å². The van der Waals surface area contributed by atoms with Crippen LogP contribution in [-0.4, -0.2) is 61.0 Å². The molecule has 1 amide bonds. The number of imidazole rings is 1. The predicted octanol–water partition coefficient (Wildman–Crippen LogP) is 0.765. The number of hydrogen-bond acceptors (Lipinski definition) is 8. The molecule has 1 fully saturated rings. The highest BCUT2D eigenvalue weighted by atomic mass is 35.5. The summed E-state index contributed by atoms with van der Waals surface area (Å²) in [7, 11) is 1.42. The Bertz CT molecular complexity index is 1090. The molecule has 0 radical (unpaired) electrons. The molecule has 1 saturated heterocycles. The van der Waals surface area contributed by atoms with Crippen molar-refractivity contribution >= 4 is 34.5 Å². The van der Waals surface area contributed by atoms with E-state index in [0.29, 0.717) is 23.5 Å². The van der Waals surface area contributed by atoms with Crippen molar-refractivity contribution < 1.29 is 19.7 Å².